The Morgan fingerprint density at radius 3 is 2.58 bits per heavy atom. The molecule has 3 nitrogen and oxygen atoms in total. The molecule has 19 heavy (non-hydrogen) atoms. The summed E-state index contributed by atoms with van der Waals surface area (Å²) >= 11 is 0. The molecule has 0 radical (unpaired) electrons. The summed E-state index contributed by atoms with van der Waals surface area (Å²) in [6.45, 7) is -0.0392. The summed E-state index contributed by atoms with van der Waals surface area (Å²) in [4.78, 5) is 0. The Bertz CT molecular complexity index is 637. The monoisotopic (exact) mass is 269 g/mol. The Kier molecular flexibility index (Phi) is 3.25. The van der Waals surface area contributed by atoms with Crippen molar-refractivity contribution >= 4 is 0 Å². The van der Waals surface area contributed by atoms with Crippen LogP contribution in [-0.2, 0) is 12.7 Å². The molecule has 7 heteroatoms. The first-order chi connectivity index (χ1) is 8.88. The van der Waals surface area contributed by atoms with Gasteiger partial charge in [-0.05, 0) is 29.8 Å². The van der Waals surface area contributed by atoms with E-state index < -0.39 is 17.7 Å². The molecule has 0 spiro atoms. The number of halogens is 4. The Labute approximate surface area is 105 Å². The smallest absolute Gasteiger partial charge is 0.268 e. The number of benzene rings is 1. The van der Waals surface area contributed by atoms with Crippen LogP contribution in [0, 0.1) is 17.1 Å². The quantitative estimate of drug-likeness (QED) is 0.786. The van der Waals surface area contributed by atoms with Crippen molar-refractivity contribution in [1.29, 1.82) is 5.26 Å². The standard InChI is InChI=1S/C12H7F4N3/c13-10-4-8(6-17)3-9(5-10)7-19-2-1-11(18-19)12(14,15)16/h1-5H,7H2. The second-order valence-corrected chi connectivity index (χ2v) is 3.86. The lowest BCUT2D eigenvalue weighted by Gasteiger charge is -2.04. The van der Waals surface area contributed by atoms with Gasteiger partial charge in [0.05, 0.1) is 18.2 Å². The summed E-state index contributed by atoms with van der Waals surface area (Å²) in [7, 11) is 0. The maximum atomic E-state index is 13.2. The lowest BCUT2D eigenvalue weighted by atomic mass is 10.1. The van der Waals surface area contributed by atoms with Crippen molar-refractivity contribution in [3.63, 3.8) is 0 Å². The van der Waals surface area contributed by atoms with E-state index in [1.54, 1.807) is 6.07 Å². The summed E-state index contributed by atoms with van der Waals surface area (Å²) < 4.78 is 51.2. The molecule has 1 heterocycles. The maximum absolute atomic E-state index is 13.2. The minimum Gasteiger partial charge on any atom is -0.268 e. The average Bonchev–Trinajstić information content (AvgIpc) is 2.76. The number of aromatic nitrogens is 2. The molecule has 2 aromatic rings. The summed E-state index contributed by atoms with van der Waals surface area (Å²) in [6, 6.07) is 6.21. The van der Waals surface area contributed by atoms with Crippen LogP contribution >= 0.6 is 0 Å². The van der Waals surface area contributed by atoms with Gasteiger partial charge in [0, 0.05) is 6.20 Å². The van der Waals surface area contributed by atoms with Gasteiger partial charge in [-0.2, -0.15) is 23.5 Å². The van der Waals surface area contributed by atoms with E-state index >= 15 is 0 Å². The molecule has 0 saturated carbocycles. The molecule has 1 aromatic carbocycles. The van der Waals surface area contributed by atoms with E-state index in [1.807, 2.05) is 0 Å². The van der Waals surface area contributed by atoms with Crippen molar-refractivity contribution in [2.75, 3.05) is 0 Å². The fourth-order valence-electron chi connectivity index (χ4n) is 1.59. The van der Waals surface area contributed by atoms with Crippen molar-refractivity contribution in [3.8, 4) is 6.07 Å². The normalized spacial score (nSPS) is 11.3. The Hall–Kier alpha value is -2.36. The van der Waals surface area contributed by atoms with Gasteiger partial charge in [0.2, 0.25) is 0 Å². The summed E-state index contributed by atoms with van der Waals surface area (Å²) in [6.07, 6.45) is -3.36. The van der Waals surface area contributed by atoms with Crippen LogP contribution in [0.5, 0.6) is 0 Å². The van der Waals surface area contributed by atoms with Gasteiger partial charge in [-0.15, -0.1) is 0 Å². The van der Waals surface area contributed by atoms with Crippen LogP contribution in [0.15, 0.2) is 30.5 Å². The van der Waals surface area contributed by atoms with Gasteiger partial charge >= 0.3 is 6.18 Å². The van der Waals surface area contributed by atoms with E-state index in [0.29, 0.717) is 5.56 Å². The molecular weight excluding hydrogens is 262 g/mol. The Morgan fingerprint density at radius 1 is 1.26 bits per heavy atom. The van der Waals surface area contributed by atoms with Crippen molar-refractivity contribution < 1.29 is 17.6 Å². The van der Waals surface area contributed by atoms with Gasteiger partial charge in [0.1, 0.15) is 5.82 Å². The first-order valence-electron chi connectivity index (χ1n) is 5.19. The number of rotatable bonds is 2. The molecule has 98 valence electrons. The first kappa shape index (κ1) is 13.1. The molecule has 1 aromatic heterocycles. The summed E-state index contributed by atoms with van der Waals surface area (Å²) in [5, 5.41) is 12.0. The SMILES string of the molecule is N#Cc1cc(F)cc(Cn2ccc(C(F)(F)F)n2)c1. The van der Waals surface area contributed by atoms with E-state index in [1.165, 1.54) is 6.07 Å². The number of nitriles is 1. The molecule has 0 bridgehead atoms. The van der Waals surface area contributed by atoms with Crippen LogP contribution in [0.3, 0.4) is 0 Å². The average molecular weight is 269 g/mol. The van der Waals surface area contributed by atoms with E-state index in [-0.39, 0.29) is 12.1 Å². The van der Waals surface area contributed by atoms with Gasteiger partial charge in [-0.3, -0.25) is 4.68 Å². The number of hydrogen-bond acceptors (Lipinski definition) is 2. The van der Waals surface area contributed by atoms with Crippen LogP contribution in [0.1, 0.15) is 16.8 Å². The zero-order valence-electron chi connectivity index (χ0n) is 9.45. The third-order valence-corrected chi connectivity index (χ3v) is 2.36. The molecule has 0 aliphatic rings. The molecule has 0 N–H and O–H groups in total. The number of alkyl halides is 3. The second-order valence-electron chi connectivity index (χ2n) is 3.86. The molecular formula is C12H7F4N3. The molecule has 0 saturated heterocycles. The zero-order chi connectivity index (χ0) is 14.0. The molecule has 0 aliphatic carbocycles. The van der Waals surface area contributed by atoms with Crippen LogP contribution in [0.2, 0.25) is 0 Å². The van der Waals surface area contributed by atoms with Crippen molar-refractivity contribution in [1.82, 2.24) is 9.78 Å². The highest BCUT2D eigenvalue weighted by atomic mass is 19.4. The Morgan fingerprint density at radius 2 is 2.00 bits per heavy atom. The Balaban J connectivity index is 2.25. The number of hydrogen-bond donors (Lipinski definition) is 0. The minimum atomic E-state index is -4.51. The van der Waals surface area contributed by atoms with Crippen molar-refractivity contribution in [2.45, 2.75) is 12.7 Å². The van der Waals surface area contributed by atoms with Gasteiger partial charge in [0.25, 0.3) is 0 Å². The van der Waals surface area contributed by atoms with Gasteiger partial charge in [0.15, 0.2) is 5.69 Å². The van der Waals surface area contributed by atoms with E-state index in [9.17, 15) is 17.6 Å². The third-order valence-electron chi connectivity index (χ3n) is 2.36. The first-order valence-corrected chi connectivity index (χ1v) is 5.19. The van der Waals surface area contributed by atoms with Crippen LogP contribution in [0.25, 0.3) is 0 Å². The fraction of sp³-hybridized carbons (Fsp3) is 0.167. The van der Waals surface area contributed by atoms with E-state index in [4.69, 9.17) is 5.26 Å². The molecule has 2 rings (SSSR count). The highest BCUT2D eigenvalue weighted by molar-refractivity contribution is 5.33. The van der Waals surface area contributed by atoms with Crippen molar-refractivity contribution in [3.05, 3.63) is 53.1 Å². The van der Waals surface area contributed by atoms with Gasteiger partial charge in [-0.1, -0.05) is 0 Å². The molecule has 0 atom stereocenters. The lowest BCUT2D eigenvalue weighted by Crippen LogP contribution is -2.08. The second kappa shape index (κ2) is 4.72. The fourth-order valence-corrected chi connectivity index (χ4v) is 1.59. The molecule has 0 aliphatic heterocycles. The van der Waals surface area contributed by atoms with Crippen molar-refractivity contribution in [2.24, 2.45) is 0 Å². The predicted molar refractivity (Wildman–Crippen MR) is 57.4 cm³/mol. The number of nitrogens with zero attached hydrogens (tertiary/aromatic N) is 3. The molecule has 0 unspecified atom stereocenters. The molecule has 0 amide bonds. The largest absolute Gasteiger partial charge is 0.435 e. The lowest BCUT2D eigenvalue weighted by molar-refractivity contribution is -0.141. The van der Waals surface area contributed by atoms with Crippen LogP contribution < -0.4 is 0 Å². The highest BCUT2D eigenvalue weighted by Gasteiger charge is 2.33. The van der Waals surface area contributed by atoms with E-state index in [2.05, 4.69) is 5.10 Å². The predicted octanol–water partition coefficient (Wildman–Crippen LogP) is 2.96. The minimum absolute atomic E-state index is 0.0392. The van der Waals surface area contributed by atoms with E-state index in [0.717, 1.165) is 29.1 Å². The maximum Gasteiger partial charge on any atom is 0.435 e. The van der Waals surface area contributed by atoms with Gasteiger partial charge < -0.3 is 0 Å². The third kappa shape index (κ3) is 3.10. The zero-order valence-corrected chi connectivity index (χ0v) is 9.45. The summed E-state index contributed by atoms with van der Waals surface area (Å²) in [5.74, 6) is -0.614. The summed E-state index contributed by atoms with van der Waals surface area (Å²) in [5.41, 5.74) is -0.531. The van der Waals surface area contributed by atoms with Gasteiger partial charge in [-0.25, -0.2) is 4.39 Å². The highest BCUT2D eigenvalue weighted by Crippen LogP contribution is 2.27. The van der Waals surface area contributed by atoms with Crippen LogP contribution in [0.4, 0.5) is 17.6 Å². The topological polar surface area (TPSA) is 41.6 Å². The van der Waals surface area contributed by atoms with Crippen LogP contribution in [-0.4, -0.2) is 9.78 Å². The molecule has 0 fully saturated rings.